The minimum atomic E-state index is -5.06. The monoisotopic (exact) mass is 493 g/mol. The van der Waals surface area contributed by atoms with E-state index in [0.717, 1.165) is 32.3 Å². The normalized spacial score (nSPS) is 20.3. The number of amides is 2. The number of hydrogen-bond donors (Lipinski definition) is 4. The molecular formula is C15H19N5O10S2. The second-order valence-corrected chi connectivity index (χ2v) is 8.99. The molecular weight excluding hydrogens is 474 g/mol. The Morgan fingerprint density at radius 1 is 1.47 bits per heavy atom. The summed E-state index contributed by atoms with van der Waals surface area (Å²) in [7, 11) is -4.01. The second-order valence-electron chi connectivity index (χ2n) is 6.81. The molecule has 0 aromatic carbocycles. The first kappa shape index (κ1) is 25.1. The Morgan fingerprint density at radius 3 is 2.53 bits per heavy atom. The Balaban J connectivity index is 2.38. The number of nitrogens with two attached hydrogens (primary N) is 1. The molecule has 32 heavy (non-hydrogen) atoms. The summed E-state index contributed by atoms with van der Waals surface area (Å²) >= 11 is 0.926. The Labute approximate surface area is 185 Å². The Hall–Kier alpha value is -3.15. The number of nitrogen functional groups attached to an aromatic ring is 1. The summed E-state index contributed by atoms with van der Waals surface area (Å²) in [6, 6.07) is -3.21. The molecule has 1 aliphatic heterocycles. The lowest BCUT2D eigenvalue weighted by atomic mass is 9.93. The highest BCUT2D eigenvalue weighted by Crippen LogP contribution is 2.27. The molecule has 0 saturated carbocycles. The lowest BCUT2D eigenvalue weighted by Gasteiger charge is -2.45. The van der Waals surface area contributed by atoms with Crippen LogP contribution in [0.5, 0.6) is 0 Å². The van der Waals surface area contributed by atoms with Crippen molar-refractivity contribution in [3.05, 3.63) is 11.1 Å². The zero-order valence-corrected chi connectivity index (χ0v) is 18.4. The molecule has 2 heterocycles. The van der Waals surface area contributed by atoms with Gasteiger partial charge < -0.3 is 30.5 Å². The van der Waals surface area contributed by atoms with Crippen LogP contribution >= 0.6 is 11.3 Å². The summed E-state index contributed by atoms with van der Waals surface area (Å²) in [5.41, 5.74) is 3.00. The van der Waals surface area contributed by atoms with Crippen molar-refractivity contribution in [2.24, 2.45) is 5.16 Å². The Kier molecular flexibility index (Phi) is 7.18. The first-order valence-electron chi connectivity index (χ1n) is 8.55. The van der Waals surface area contributed by atoms with Gasteiger partial charge in [0, 0.05) is 12.5 Å². The molecule has 3 unspecified atom stereocenters. The molecule has 17 heteroatoms. The molecule has 2 amide bonds. The largest absolute Gasteiger partial charge is 0.478 e. The molecule has 5 N–H and O–H groups in total. The summed E-state index contributed by atoms with van der Waals surface area (Å²) in [5, 5.41) is 16.2. The van der Waals surface area contributed by atoms with Gasteiger partial charge in [-0.25, -0.2) is 14.1 Å². The van der Waals surface area contributed by atoms with E-state index in [0.29, 0.717) is 0 Å². The zero-order valence-electron chi connectivity index (χ0n) is 16.8. The lowest BCUT2D eigenvalue weighted by Crippen LogP contribution is -2.76. The van der Waals surface area contributed by atoms with Crippen LogP contribution in [0.25, 0.3) is 0 Å². The first-order valence-corrected chi connectivity index (χ1v) is 10.8. The van der Waals surface area contributed by atoms with Crippen LogP contribution in [-0.4, -0.2) is 88.0 Å². The number of rotatable bonds is 10. The molecule has 0 aliphatic carbocycles. The van der Waals surface area contributed by atoms with Crippen molar-refractivity contribution < 1.29 is 46.8 Å². The number of carboxylic acid groups (broad SMARTS) is 1. The molecule has 0 bridgehead atoms. The first-order chi connectivity index (χ1) is 14.7. The molecule has 1 aliphatic rings. The van der Waals surface area contributed by atoms with Gasteiger partial charge in [0.25, 0.3) is 11.8 Å². The van der Waals surface area contributed by atoms with Gasteiger partial charge in [-0.15, -0.1) is 11.3 Å². The maximum Gasteiger partial charge on any atom is 0.362 e. The van der Waals surface area contributed by atoms with Crippen LogP contribution in [0.15, 0.2) is 10.5 Å². The summed E-state index contributed by atoms with van der Waals surface area (Å²) in [6.45, 7) is 2.32. The van der Waals surface area contributed by atoms with E-state index in [2.05, 4.69) is 15.5 Å². The van der Waals surface area contributed by atoms with Crippen LogP contribution in [0.2, 0.25) is 0 Å². The highest BCUT2D eigenvalue weighted by Gasteiger charge is 2.57. The van der Waals surface area contributed by atoms with Crippen molar-refractivity contribution in [2.45, 2.75) is 37.6 Å². The Bertz CT molecular complexity index is 1070. The van der Waals surface area contributed by atoms with Crippen molar-refractivity contribution in [3.63, 3.8) is 0 Å². The van der Waals surface area contributed by atoms with Crippen molar-refractivity contribution in [1.29, 1.82) is 0 Å². The second kappa shape index (κ2) is 9.15. The number of nitrogens with one attached hydrogen (secondary N) is 1. The number of ether oxygens (including phenoxy) is 1. The molecule has 1 saturated heterocycles. The van der Waals surface area contributed by atoms with Gasteiger partial charge >= 0.3 is 16.3 Å². The fourth-order valence-corrected chi connectivity index (χ4v) is 3.94. The predicted molar refractivity (Wildman–Crippen MR) is 107 cm³/mol. The van der Waals surface area contributed by atoms with E-state index in [1.54, 1.807) is 0 Å². The lowest BCUT2D eigenvalue weighted by molar-refractivity contribution is -0.161. The number of methoxy groups -OCH3 is 1. The van der Waals surface area contributed by atoms with Crippen LogP contribution in [0.4, 0.5) is 5.13 Å². The predicted octanol–water partition coefficient (Wildman–Crippen LogP) is -1.98. The van der Waals surface area contributed by atoms with Gasteiger partial charge in [0.2, 0.25) is 5.60 Å². The van der Waals surface area contributed by atoms with Crippen LogP contribution in [0, 0.1) is 0 Å². The smallest absolute Gasteiger partial charge is 0.362 e. The molecule has 1 aromatic heterocycles. The van der Waals surface area contributed by atoms with Crippen LogP contribution in [0.3, 0.4) is 0 Å². The van der Waals surface area contributed by atoms with E-state index < -0.39 is 57.6 Å². The third-order valence-electron chi connectivity index (χ3n) is 4.23. The van der Waals surface area contributed by atoms with E-state index in [1.807, 2.05) is 0 Å². The SMILES string of the molecule is COC(C=O)C1C(NC(=O)/C(=N\OC(C)(C)C(=O)O)c2csc(N)n2)C(=O)N1S(=O)(=O)O. The minimum Gasteiger partial charge on any atom is -0.478 e. The minimum absolute atomic E-state index is 0.0117. The van der Waals surface area contributed by atoms with Gasteiger partial charge in [-0.05, 0) is 13.8 Å². The average Bonchev–Trinajstić information content (AvgIpc) is 3.11. The number of carbonyl (C=O) groups excluding carboxylic acids is 3. The quantitative estimate of drug-likeness (QED) is 0.0914. The van der Waals surface area contributed by atoms with Gasteiger partial charge in [-0.1, -0.05) is 5.16 Å². The van der Waals surface area contributed by atoms with E-state index in [-0.39, 0.29) is 21.4 Å². The fourth-order valence-electron chi connectivity index (χ4n) is 2.51. The van der Waals surface area contributed by atoms with Gasteiger partial charge in [-0.3, -0.25) is 14.1 Å². The molecule has 15 nitrogen and oxygen atoms in total. The van der Waals surface area contributed by atoms with Crippen molar-refractivity contribution in [2.75, 3.05) is 12.8 Å². The van der Waals surface area contributed by atoms with Crippen molar-refractivity contribution in [1.82, 2.24) is 14.6 Å². The number of carboxylic acids is 1. The molecule has 1 aromatic rings. The molecule has 3 atom stereocenters. The summed E-state index contributed by atoms with van der Waals surface area (Å²) < 4.78 is 37.0. The van der Waals surface area contributed by atoms with Gasteiger partial charge in [0.05, 0.1) is 0 Å². The van der Waals surface area contributed by atoms with Gasteiger partial charge in [0.15, 0.2) is 17.1 Å². The van der Waals surface area contributed by atoms with Crippen LogP contribution < -0.4 is 11.1 Å². The number of carbonyl (C=O) groups is 4. The van der Waals surface area contributed by atoms with E-state index in [1.165, 1.54) is 5.38 Å². The van der Waals surface area contributed by atoms with Crippen molar-refractivity contribution in [3.8, 4) is 0 Å². The number of oxime groups is 1. The standard InChI is InChI=1S/C15H19N5O10S2/c1-15(2,13(24)25)30-19-8(6-5-31-14(16)17-6)11(22)18-9-10(7(4-21)29-3)20(12(9)23)32(26,27)28/h4-5,7,9-10H,1-3H3,(H2,16,17)(H,18,22)(H,24,25)(H,26,27,28)/b19-8-. The number of nitrogens with zero attached hydrogens (tertiary/aromatic N) is 3. The third kappa shape index (κ3) is 5.01. The van der Waals surface area contributed by atoms with E-state index in [4.69, 9.17) is 20.4 Å². The Morgan fingerprint density at radius 2 is 2.09 bits per heavy atom. The number of aliphatic carboxylic acids is 1. The van der Waals surface area contributed by atoms with Gasteiger partial charge in [-0.2, -0.15) is 8.42 Å². The number of β-lactam (4-membered cyclic amide) rings is 1. The summed E-state index contributed by atoms with van der Waals surface area (Å²) in [4.78, 5) is 56.4. The molecule has 2 rings (SSSR count). The number of anilines is 1. The maximum atomic E-state index is 12.8. The third-order valence-corrected chi connectivity index (χ3v) is 5.83. The molecule has 0 spiro atoms. The molecule has 176 valence electrons. The van der Waals surface area contributed by atoms with E-state index in [9.17, 15) is 32.1 Å². The fraction of sp³-hybridized carbons (Fsp3) is 0.467. The summed E-state index contributed by atoms with van der Waals surface area (Å²) in [5.74, 6) is -3.78. The average molecular weight is 493 g/mol. The molecule has 0 radical (unpaired) electrons. The van der Waals surface area contributed by atoms with Crippen LogP contribution in [-0.2, 0) is 39.1 Å². The van der Waals surface area contributed by atoms with E-state index >= 15 is 0 Å². The van der Waals surface area contributed by atoms with Gasteiger partial charge in [0.1, 0.15) is 23.9 Å². The topological polar surface area (TPSA) is 228 Å². The number of aromatic nitrogens is 1. The summed E-state index contributed by atoms with van der Waals surface area (Å²) in [6.07, 6.45) is -1.33. The van der Waals surface area contributed by atoms with Crippen LogP contribution in [0.1, 0.15) is 19.5 Å². The maximum absolute atomic E-state index is 12.8. The molecule has 1 fully saturated rings. The highest BCUT2D eigenvalue weighted by molar-refractivity contribution is 7.84. The zero-order chi connectivity index (χ0) is 24.4. The highest BCUT2D eigenvalue weighted by atomic mass is 32.2. The number of hydrogen-bond acceptors (Lipinski definition) is 12. The van der Waals surface area contributed by atoms with Crippen molar-refractivity contribution >= 4 is 56.6 Å². The number of thiazole rings is 1. The number of aldehydes is 1.